The van der Waals surface area contributed by atoms with E-state index in [2.05, 4.69) is 14.9 Å². The summed E-state index contributed by atoms with van der Waals surface area (Å²) in [5, 5.41) is 4.77. The monoisotopic (exact) mass is 353 g/mol. The maximum Gasteiger partial charge on any atom is 0.246 e. The number of rotatable bonds is 7. The summed E-state index contributed by atoms with van der Waals surface area (Å²) in [5.41, 5.74) is 0. The third-order valence-electron chi connectivity index (χ3n) is 4.65. The third-order valence-corrected chi connectivity index (χ3v) is 6.06. The molecule has 0 aromatic carbocycles. The highest BCUT2D eigenvalue weighted by atomic mass is 32.2. The van der Waals surface area contributed by atoms with E-state index >= 15 is 0 Å². The van der Waals surface area contributed by atoms with Gasteiger partial charge in [0.1, 0.15) is 6.61 Å². The average molecular weight is 353 g/mol. The molecular weight excluding hydrogens is 326 g/mol. The number of hydrogen-bond acceptors (Lipinski definition) is 5. The van der Waals surface area contributed by atoms with Gasteiger partial charge < -0.3 is 19.4 Å². The zero-order valence-electron chi connectivity index (χ0n) is 14.3. The van der Waals surface area contributed by atoms with E-state index < -0.39 is 0 Å². The van der Waals surface area contributed by atoms with Crippen molar-refractivity contribution in [2.24, 2.45) is 7.05 Å². The van der Waals surface area contributed by atoms with Crippen LogP contribution >= 0.6 is 11.8 Å². The minimum Gasteiger partial charge on any atom is -0.376 e. The number of imidazole rings is 1. The van der Waals surface area contributed by atoms with Gasteiger partial charge in [-0.05, 0) is 38.5 Å². The highest BCUT2D eigenvalue weighted by molar-refractivity contribution is 7.99. The first-order chi connectivity index (χ1) is 11.7. The number of aryl methyl sites for hydroxylation is 1. The number of amides is 1. The van der Waals surface area contributed by atoms with Gasteiger partial charge in [0.05, 0.1) is 12.7 Å². The Bertz CT molecular complexity index is 523. The second kappa shape index (κ2) is 8.87. The van der Waals surface area contributed by atoms with Crippen molar-refractivity contribution in [2.45, 2.75) is 61.1 Å². The van der Waals surface area contributed by atoms with Crippen LogP contribution in [-0.4, -0.2) is 52.7 Å². The quantitative estimate of drug-likeness (QED) is 0.813. The second-order valence-electron chi connectivity index (χ2n) is 6.63. The van der Waals surface area contributed by atoms with Crippen molar-refractivity contribution >= 4 is 17.7 Å². The van der Waals surface area contributed by atoms with Crippen LogP contribution in [0.2, 0.25) is 0 Å². The predicted octanol–water partition coefficient (Wildman–Crippen LogP) is 2.14. The molecule has 1 amide bonds. The van der Waals surface area contributed by atoms with Crippen molar-refractivity contribution in [2.75, 3.05) is 19.8 Å². The summed E-state index contributed by atoms with van der Waals surface area (Å²) in [7, 11) is 2.03. The minimum absolute atomic E-state index is 0.00630. The van der Waals surface area contributed by atoms with E-state index in [0.717, 1.165) is 50.3 Å². The standard InChI is InChI=1S/C17H27N3O3S/c1-20-9-8-18-17(20)24-15-6-4-13(5-7-15)19-16(21)12-22-11-14-3-2-10-23-14/h8-9,13-15H,2-7,10-12H2,1H3,(H,19,21). The topological polar surface area (TPSA) is 65.4 Å². The Kier molecular flexibility index (Phi) is 6.57. The van der Waals surface area contributed by atoms with Crippen LogP contribution < -0.4 is 5.32 Å². The van der Waals surface area contributed by atoms with Crippen LogP contribution in [-0.2, 0) is 21.3 Å². The van der Waals surface area contributed by atoms with Gasteiger partial charge in [0.2, 0.25) is 5.91 Å². The molecule has 1 atom stereocenters. The highest BCUT2D eigenvalue weighted by Gasteiger charge is 2.24. The molecular formula is C17H27N3O3S. The Morgan fingerprint density at radius 2 is 2.25 bits per heavy atom. The number of ether oxygens (including phenoxy) is 2. The molecule has 24 heavy (non-hydrogen) atoms. The first-order valence-corrected chi connectivity index (χ1v) is 9.71. The van der Waals surface area contributed by atoms with Crippen molar-refractivity contribution in [3.8, 4) is 0 Å². The van der Waals surface area contributed by atoms with Gasteiger partial charge in [-0.2, -0.15) is 0 Å². The zero-order valence-corrected chi connectivity index (χ0v) is 15.1. The molecule has 134 valence electrons. The third kappa shape index (κ3) is 5.22. The molecule has 0 spiro atoms. The van der Waals surface area contributed by atoms with Crippen molar-refractivity contribution in [3.63, 3.8) is 0 Å². The Morgan fingerprint density at radius 1 is 1.42 bits per heavy atom. The minimum atomic E-state index is -0.00630. The summed E-state index contributed by atoms with van der Waals surface area (Å²) < 4.78 is 13.0. The predicted molar refractivity (Wildman–Crippen MR) is 93.0 cm³/mol. The number of nitrogens with one attached hydrogen (secondary N) is 1. The van der Waals surface area contributed by atoms with Gasteiger partial charge in [-0.25, -0.2) is 4.98 Å². The number of aromatic nitrogens is 2. The van der Waals surface area contributed by atoms with Gasteiger partial charge in [-0.15, -0.1) is 0 Å². The van der Waals surface area contributed by atoms with Crippen LogP contribution in [0.1, 0.15) is 38.5 Å². The van der Waals surface area contributed by atoms with Gasteiger partial charge in [-0.1, -0.05) is 11.8 Å². The van der Waals surface area contributed by atoms with Gasteiger partial charge >= 0.3 is 0 Å². The number of nitrogens with zero attached hydrogens (tertiary/aromatic N) is 2. The fourth-order valence-corrected chi connectivity index (χ4v) is 4.42. The number of carbonyl (C=O) groups excluding carboxylic acids is 1. The van der Waals surface area contributed by atoms with Crippen molar-refractivity contribution in [1.82, 2.24) is 14.9 Å². The molecule has 2 heterocycles. The lowest BCUT2D eigenvalue weighted by Crippen LogP contribution is -2.40. The van der Waals surface area contributed by atoms with Crippen LogP contribution in [0.15, 0.2) is 17.6 Å². The van der Waals surface area contributed by atoms with Crippen LogP contribution in [0.5, 0.6) is 0 Å². The molecule has 1 aromatic rings. The lowest BCUT2D eigenvalue weighted by Gasteiger charge is -2.28. The maximum absolute atomic E-state index is 12.0. The fourth-order valence-electron chi connectivity index (χ4n) is 3.27. The molecule has 3 rings (SSSR count). The summed E-state index contributed by atoms with van der Waals surface area (Å²) in [5.74, 6) is -0.00630. The Hall–Kier alpha value is -1.05. The lowest BCUT2D eigenvalue weighted by molar-refractivity contribution is -0.127. The van der Waals surface area contributed by atoms with Crippen molar-refractivity contribution in [1.29, 1.82) is 0 Å². The highest BCUT2D eigenvalue weighted by Crippen LogP contribution is 2.32. The maximum atomic E-state index is 12.0. The van der Waals surface area contributed by atoms with Crippen LogP contribution in [0.25, 0.3) is 0 Å². The normalized spacial score (nSPS) is 27.3. The molecule has 1 aliphatic carbocycles. The Balaban J connectivity index is 1.30. The van der Waals surface area contributed by atoms with E-state index in [1.165, 1.54) is 0 Å². The molecule has 1 saturated carbocycles. The number of hydrogen-bond donors (Lipinski definition) is 1. The summed E-state index contributed by atoms with van der Waals surface area (Å²) in [6, 6.07) is 0.280. The lowest BCUT2D eigenvalue weighted by atomic mass is 9.95. The molecule has 1 saturated heterocycles. The molecule has 1 aliphatic heterocycles. The Morgan fingerprint density at radius 3 is 2.92 bits per heavy atom. The molecule has 0 bridgehead atoms. The number of carbonyl (C=O) groups is 1. The Labute approximate surface area is 147 Å². The first-order valence-electron chi connectivity index (χ1n) is 8.83. The van der Waals surface area contributed by atoms with E-state index in [-0.39, 0.29) is 24.7 Å². The number of thioether (sulfide) groups is 1. The van der Waals surface area contributed by atoms with Gasteiger partial charge in [0.15, 0.2) is 5.16 Å². The summed E-state index contributed by atoms with van der Waals surface area (Å²) in [4.78, 5) is 16.3. The summed E-state index contributed by atoms with van der Waals surface area (Å²) in [6.45, 7) is 1.49. The smallest absolute Gasteiger partial charge is 0.246 e. The van der Waals surface area contributed by atoms with E-state index in [9.17, 15) is 4.79 Å². The van der Waals surface area contributed by atoms with E-state index in [0.29, 0.717) is 11.9 Å². The zero-order chi connectivity index (χ0) is 16.8. The molecule has 1 unspecified atom stereocenters. The molecule has 1 aromatic heterocycles. The van der Waals surface area contributed by atoms with E-state index in [1.807, 2.05) is 31.2 Å². The summed E-state index contributed by atoms with van der Waals surface area (Å²) in [6.07, 6.45) is 10.4. The largest absolute Gasteiger partial charge is 0.376 e. The molecule has 2 fully saturated rings. The molecule has 6 nitrogen and oxygen atoms in total. The molecule has 0 radical (unpaired) electrons. The van der Waals surface area contributed by atoms with E-state index in [4.69, 9.17) is 9.47 Å². The van der Waals surface area contributed by atoms with Crippen molar-refractivity contribution < 1.29 is 14.3 Å². The molecule has 1 N–H and O–H groups in total. The molecule has 2 aliphatic rings. The average Bonchev–Trinajstić information content (AvgIpc) is 3.22. The molecule has 7 heteroatoms. The van der Waals surface area contributed by atoms with Crippen LogP contribution in [0, 0.1) is 0 Å². The SMILES string of the molecule is Cn1ccnc1SC1CCC(NC(=O)COCC2CCCO2)CC1. The van der Waals surface area contributed by atoms with Crippen LogP contribution in [0.4, 0.5) is 0 Å². The van der Waals surface area contributed by atoms with Gasteiger partial charge in [0, 0.05) is 37.3 Å². The second-order valence-corrected chi connectivity index (χ2v) is 7.90. The van der Waals surface area contributed by atoms with Crippen molar-refractivity contribution in [3.05, 3.63) is 12.4 Å². The fraction of sp³-hybridized carbons (Fsp3) is 0.765. The van der Waals surface area contributed by atoms with Gasteiger partial charge in [-0.3, -0.25) is 4.79 Å². The van der Waals surface area contributed by atoms with E-state index in [1.54, 1.807) is 0 Å². The van der Waals surface area contributed by atoms with Gasteiger partial charge in [0.25, 0.3) is 0 Å². The summed E-state index contributed by atoms with van der Waals surface area (Å²) >= 11 is 1.85. The first kappa shape index (κ1) is 17.8. The van der Waals surface area contributed by atoms with Crippen LogP contribution in [0.3, 0.4) is 0 Å².